The molecule has 1 fully saturated rings. The van der Waals surface area contributed by atoms with E-state index in [1.165, 1.54) is 23.2 Å². The molecule has 3 heterocycles. The number of pyridine rings is 1. The summed E-state index contributed by atoms with van der Waals surface area (Å²) in [6.45, 7) is 3.32. The predicted octanol–water partition coefficient (Wildman–Crippen LogP) is 5.93. The molecule has 1 aliphatic rings. The van der Waals surface area contributed by atoms with E-state index < -0.39 is 12.1 Å². The average molecular weight is 710 g/mol. The van der Waals surface area contributed by atoms with Crippen LogP contribution in [0.25, 0.3) is 22.5 Å². The minimum Gasteiger partial charge on any atom is -0.497 e. The number of amides is 2. The van der Waals surface area contributed by atoms with E-state index in [0.29, 0.717) is 28.7 Å². The maximum absolute atomic E-state index is 12.6. The first-order valence-electron chi connectivity index (χ1n) is 17.2. The molecule has 2 unspecified atom stereocenters. The van der Waals surface area contributed by atoms with Crippen LogP contribution in [0.2, 0.25) is 0 Å². The Morgan fingerprint density at radius 1 is 0.712 bits per heavy atom. The molecule has 0 spiro atoms. The van der Waals surface area contributed by atoms with Gasteiger partial charge >= 0.3 is 0 Å². The van der Waals surface area contributed by atoms with Crippen molar-refractivity contribution in [2.45, 2.75) is 64.1 Å². The molecular formula is C39H47N7O6. The predicted molar refractivity (Wildman–Crippen MR) is 203 cm³/mol. The van der Waals surface area contributed by atoms with Gasteiger partial charge in [0, 0.05) is 38.4 Å². The molecule has 0 aliphatic heterocycles. The zero-order valence-electron chi connectivity index (χ0n) is 29.7. The highest BCUT2D eigenvalue weighted by Gasteiger charge is 2.23. The van der Waals surface area contributed by atoms with E-state index >= 15 is 0 Å². The van der Waals surface area contributed by atoms with Crippen LogP contribution < -0.4 is 31.2 Å². The number of aromatic nitrogens is 5. The molecule has 0 saturated heterocycles. The third-order valence-electron chi connectivity index (χ3n) is 8.74. The topological polar surface area (TPSA) is 159 Å². The molecule has 52 heavy (non-hydrogen) atoms. The van der Waals surface area contributed by atoms with Gasteiger partial charge in [0.05, 0.1) is 25.6 Å². The molecule has 0 bridgehead atoms. The Hall–Kier alpha value is -6.11. The first-order valence-corrected chi connectivity index (χ1v) is 17.2. The molecule has 2 amide bonds. The summed E-state index contributed by atoms with van der Waals surface area (Å²) in [5, 5.41) is 14.5. The van der Waals surface area contributed by atoms with Gasteiger partial charge in [-0.05, 0) is 75.2 Å². The molecule has 5 aromatic rings. The van der Waals surface area contributed by atoms with Crippen LogP contribution in [-0.2, 0) is 9.59 Å². The summed E-state index contributed by atoms with van der Waals surface area (Å²) >= 11 is 0. The number of nitrogens with one attached hydrogen (secondary N) is 2. The number of benzene rings is 2. The van der Waals surface area contributed by atoms with Gasteiger partial charge in [-0.2, -0.15) is 10.2 Å². The number of hydrogen-bond donors (Lipinski definition) is 2. The van der Waals surface area contributed by atoms with Crippen LogP contribution in [0, 0.1) is 0 Å². The molecule has 2 N–H and O–H groups in total. The molecule has 2 aromatic carbocycles. The lowest BCUT2D eigenvalue weighted by Gasteiger charge is -2.24. The summed E-state index contributed by atoms with van der Waals surface area (Å²) in [5.74, 6) is 1.28. The summed E-state index contributed by atoms with van der Waals surface area (Å²) in [7, 11) is 3.18. The highest BCUT2D eigenvalue weighted by atomic mass is 16.5. The maximum Gasteiger partial charge on any atom is 0.267 e. The van der Waals surface area contributed by atoms with Crippen LogP contribution in [0.15, 0.2) is 107 Å². The van der Waals surface area contributed by atoms with Gasteiger partial charge in [0.1, 0.15) is 29.4 Å². The number of hydrogen-bond acceptors (Lipinski definition) is 9. The minimum atomic E-state index is -0.796. The van der Waals surface area contributed by atoms with Crippen molar-refractivity contribution in [3.63, 3.8) is 0 Å². The van der Waals surface area contributed by atoms with Crippen molar-refractivity contribution in [3.05, 3.63) is 118 Å². The summed E-state index contributed by atoms with van der Waals surface area (Å²) < 4.78 is 12.9. The van der Waals surface area contributed by atoms with Crippen molar-refractivity contribution in [1.29, 1.82) is 0 Å². The lowest BCUT2D eigenvalue weighted by atomic mass is 9.95. The number of carbonyl (C=O) groups excluding carboxylic acids is 2. The second-order valence-corrected chi connectivity index (χ2v) is 12.4. The summed E-state index contributed by atoms with van der Waals surface area (Å²) in [6, 6.07) is 24.9. The van der Waals surface area contributed by atoms with Crippen molar-refractivity contribution in [2.75, 3.05) is 19.5 Å². The maximum atomic E-state index is 12.6. The molecule has 0 radical (unpaired) electrons. The number of rotatable bonds is 10. The van der Waals surface area contributed by atoms with Gasteiger partial charge in [-0.15, -0.1) is 0 Å². The van der Waals surface area contributed by atoms with Gasteiger partial charge in [0.2, 0.25) is 11.8 Å². The van der Waals surface area contributed by atoms with E-state index in [0.717, 1.165) is 41.5 Å². The fraction of sp³-hybridized carbons (Fsp3) is 0.308. The standard InChI is InChI=1S/C20H25N3O3.C19H18N4O3.2H2/c1-14(20(25)21-16-8-4-3-5-9-16)23-19(24)12-11-18(22-23)15-7-6-10-17(13-15)26-2;1-13(19(25)21-17-8-3-4-11-20-17)23-18(24)10-9-16(22-23)14-6-5-7-15(12-14)26-2;;/h6-7,10-14,16H,3-5,8-9H2,1-2H3,(H,21,25);3-13H,1-2H3,(H,20,21,25);2*1H. The molecule has 274 valence electrons. The van der Waals surface area contributed by atoms with E-state index in [4.69, 9.17) is 9.47 Å². The highest BCUT2D eigenvalue weighted by Crippen LogP contribution is 2.23. The van der Waals surface area contributed by atoms with Crippen LogP contribution in [0.4, 0.5) is 5.82 Å². The quantitative estimate of drug-likeness (QED) is 0.179. The van der Waals surface area contributed by atoms with Gasteiger partial charge < -0.3 is 20.1 Å². The molecule has 13 nitrogen and oxygen atoms in total. The first kappa shape index (κ1) is 37.2. The Labute approximate surface area is 304 Å². The van der Waals surface area contributed by atoms with Gasteiger partial charge in [-0.1, -0.05) is 49.6 Å². The van der Waals surface area contributed by atoms with Crippen LogP contribution in [0.5, 0.6) is 11.5 Å². The van der Waals surface area contributed by atoms with Crippen molar-refractivity contribution in [3.8, 4) is 34.0 Å². The second kappa shape index (κ2) is 17.7. The third kappa shape index (κ3) is 9.56. The van der Waals surface area contributed by atoms with Crippen LogP contribution >= 0.6 is 0 Å². The lowest BCUT2D eigenvalue weighted by Crippen LogP contribution is -2.42. The first-order chi connectivity index (χ1) is 25.2. The summed E-state index contributed by atoms with van der Waals surface area (Å²) in [6.07, 6.45) is 7.10. The smallest absolute Gasteiger partial charge is 0.267 e. The van der Waals surface area contributed by atoms with E-state index in [1.54, 1.807) is 64.6 Å². The van der Waals surface area contributed by atoms with Gasteiger partial charge in [-0.25, -0.2) is 14.3 Å². The normalized spacial score (nSPS) is 13.8. The summed E-state index contributed by atoms with van der Waals surface area (Å²) in [4.78, 5) is 53.5. The molecule has 13 heteroatoms. The van der Waals surface area contributed by atoms with E-state index in [9.17, 15) is 19.2 Å². The number of methoxy groups -OCH3 is 2. The van der Waals surface area contributed by atoms with Gasteiger partial charge in [-0.3, -0.25) is 19.2 Å². The Bertz CT molecular complexity index is 2110. The zero-order valence-corrected chi connectivity index (χ0v) is 29.7. The van der Waals surface area contributed by atoms with E-state index in [-0.39, 0.29) is 31.8 Å². The number of carbonyl (C=O) groups is 2. The van der Waals surface area contributed by atoms with Crippen molar-refractivity contribution in [2.24, 2.45) is 0 Å². The van der Waals surface area contributed by atoms with Crippen molar-refractivity contribution in [1.82, 2.24) is 29.9 Å². The molecular weight excluding hydrogens is 662 g/mol. The van der Waals surface area contributed by atoms with Crippen LogP contribution in [0.3, 0.4) is 0 Å². The molecule has 3 aromatic heterocycles. The number of anilines is 1. The molecule has 6 rings (SSSR count). The summed E-state index contributed by atoms with van der Waals surface area (Å²) in [5.41, 5.74) is 2.17. The van der Waals surface area contributed by atoms with E-state index in [1.807, 2.05) is 48.5 Å². The van der Waals surface area contributed by atoms with Gasteiger partial charge in [0.25, 0.3) is 11.1 Å². The van der Waals surface area contributed by atoms with Crippen LogP contribution in [-0.4, -0.2) is 56.6 Å². The zero-order chi connectivity index (χ0) is 37.0. The highest BCUT2D eigenvalue weighted by molar-refractivity contribution is 5.92. The Balaban J connectivity index is 0.000000280. The Morgan fingerprint density at radius 2 is 1.25 bits per heavy atom. The third-order valence-corrected chi connectivity index (χ3v) is 8.74. The van der Waals surface area contributed by atoms with Crippen molar-refractivity contribution >= 4 is 17.6 Å². The van der Waals surface area contributed by atoms with Crippen LogP contribution in [0.1, 0.15) is 60.9 Å². The lowest BCUT2D eigenvalue weighted by molar-refractivity contribution is -0.125. The SMILES string of the molecule is COc1cccc(-c2ccc(=O)n(C(C)C(=O)NC3CCCCC3)n2)c1.COc1cccc(-c2ccc(=O)n(C(C)C(=O)Nc3ccccn3)n2)c1.[HH].[HH]. The minimum absolute atomic E-state index is 0. The molecule has 1 saturated carbocycles. The largest absolute Gasteiger partial charge is 0.497 e. The Morgan fingerprint density at radius 3 is 1.75 bits per heavy atom. The van der Waals surface area contributed by atoms with Gasteiger partial charge in [0.15, 0.2) is 0 Å². The molecule has 1 aliphatic carbocycles. The fourth-order valence-electron chi connectivity index (χ4n) is 5.74. The second-order valence-electron chi connectivity index (χ2n) is 12.4. The van der Waals surface area contributed by atoms with E-state index in [2.05, 4.69) is 25.8 Å². The fourth-order valence-corrected chi connectivity index (χ4v) is 5.74. The molecule has 2 atom stereocenters. The number of nitrogens with zero attached hydrogens (tertiary/aromatic N) is 5. The monoisotopic (exact) mass is 709 g/mol. The van der Waals surface area contributed by atoms with Crippen molar-refractivity contribution < 1.29 is 21.9 Å². The number of ether oxygens (including phenoxy) is 2. The average Bonchev–Trinajstić information content (AvgIpc) is 3.18. The Kier molecular flexibility index (Phi) is 12.6.